The molecule has 1 atom stereocenters. The summed E-state index contributed by atoms with van der Waals surface area (Å²) in [5.74, 6) is 1.06. The van der Waals surface area contributed by atoms with Gasteiger partial charge in [0.2, 0.25) is 0 Å². The second-order valence-corrected chi connectivity index (χ2v) is 9.13. The van der Waals surface area contributed by atoms with Gasteiger partial charge in [-0.25, -0.2) is 4.99 Å². The predicted octanol–water partition coefficient (Wildman–Crippen LogP) is 2.28. The topological polar surface area (TPSA) is 54.3 Å². The molecule has 0 saturated carbocycles. The number of nitrogens with zero attached hydrogens (tertiary/aromatic N) is 4. The Morgan fingerprint density at radius 2 is 1.70 bits per heavy atom. The molecule has 0 amide bonds. The number of aliphatic hydroxyl groups is 1. The molecule has 1 aromatic rings. The minimum atomic E-state index is -0.103. The molecule has 3 aliphatic heterocycles. The highest BCUT2D eigenvalue weighted by Gasteiger charge is 2.30. The summed E-state index contributed by atoms with van der Waals surface area (Å²) in [6, 6.07) is 9.62. The van der Waals surface area contributed by atoms with Crippen molar-refractivity contribution >= 4 is 5.96 Å². The Morgan fingerprint density at radius 3 is 2.40 bits per heavy atom. The van der Waals surface area contributed by atoms with E-state index in [1.807, 2.05) is 0 Å². The van der Waals surface area contributed by atoms with Crippen LogP contribution in [0.4, 0.5) is 0 Å². The van der Waals surface area contributed by atoms with Gasteiger partial charge in [0.15, 0.2) is 5.96 Å². The molecule has 0 radical (unpaired) electrons. The quantitative estimate of drug-likeness (QED) is 0.554. The lowest BCUT2D eigenvalue weighted by molar-refractivity contribution is 0.0792. The largest absolute Gasteiger partial charge is 0.393 e. The number of likely N-dealkylation sites (tertiary alicyclic amines) is 3. The summed E-state index contributed by atoms with van der Waals surface area (Å²) >= 11 is 0. The van der Waals surface area contributed by atoms with E-state index in [4.69, 9.17) is 4.99 Å². The highest BCUT2D eigenvalue weighted by atomic mass is 16.3. The molecule has 3 heterocycles. The first kappa shape index (κ1) is 21.6. The molecule has 0 aliphatic carbocycles. The van der Waals surface area contributed by atoms with Crippen molar-refractivity contribution in [3.05, 3.63) is 35.4 Å². The van der Waals surface area contributed by atoms with E-state index < -0.39 is 0 Å². The number of hydrogen-bond acceptors (Lipinski definition) is 4. The zero-order chi connectivity index (χ0) is 20.8. The van der Waals surface area contributed by atoms with Crippen molar-refractivity contribution in [2.75, 3.05) is 45.8 Å². The van der Waals surface area contributed by atoms with Gasteiger partial charge >= 0.3 is 0 Å². The van der Waals surface area contributed by atoms with Crippen LogP contribution in [0.3, 0.4) is 0 Å². The average Bonchev–Trinajstić information content (AvgIpc) is 3.46. The van der Waals surface area contributed by atoms with Crippen LogP contribution in [0.1, 0.15) is 50.2 Å². The second-order valence-electron chi connectivity index (χ2n) is 9.13. The molecule has 3 aliphatic rings. The summed E-state index contributed by atoms with van der Waals surface area (Å²) < 4.78 is 0. The van der Waals surface area contributed by atoms with Crippen molar-refractivity contribution in [2.24, 2.45) is 4.99 Å². The molecule has 2 N–H and O–H groups in total. The maximum absolute atomic E-state index is 9.67. The van der Waals surface area contributed by atoms with E-state index in [-0.39, 0.29) is 6.10 Å². The van der Waals surface area contributed by atoms with Crippen molar-refractivity contribution < 1.29 is 5.11 Å². The van der Waals surface area contributed by atoms with Gasteiger partial charge in [-0.2, -0.15) is 0 Å². The summed E-state index contributed by atoms with van der Waals surface area (Å²) in [4.78, 5) is 12.5. The number of piperidine rings is 1. The van der Waals surface area contributed by atoms with Gasteiger partial charge in [0.1, 0.15) is 0 Å². The molecule has 6 heteroatoms. The highest BCUT2D eigenvalue weighted by Crippen LogP contribution is 2.21. The van der Waals surface area contributed by atoms with Gasteiger partial charge in [0, 0.05) is 45.3 Å². The van der Waals surface area contributed by atoms with Crippen LogP contribution in [0.15, 0.2) is 29.3 Å². The SMILES string of the molecule is CCNC(=NCc1ccc(CN2CCC(O)CC2)cc1)N1CCC(N2CCCC2)C1. The van der Waals surface area contributed by atoms with Gasteiger partial charge in [0.25, 0.3) is 0 Å². The zero-order valence-electron chi connectivity index (χ0n) is 18.6. The minimum absolute atomic E-state index is 0.103. The number of hydrogen-bond donors (Lipinski definition) is 2. The number of rotatable bonds is 6. The number of aliphatic hydroxyl groups excluding tert-OH is 1. The van der Waals surface area contributed by atoms with Gasteiger partial charge in [-0.3, -0.25) is 9.80 Å². The second kappa shape index (κ2) is 10.6. The lowest BCUT2D eigenvalue weighted by Crippen LogP contribution is -2.42. The minimum Gasteiger partial charge on any atom is -0.393 e. The molecular weight excluding hydrogens is 374 g/mol. The van der Waals surface area contributed by atoms with Crippen molar-refractivity contribution in [2.45, 2.75) is 64.3 Å². The van der Waals surface area contributed by atoms with Crippen LogP contribution >= 0.6 is 0 Å². The fourth-order valence-corrected chi connectivity index (χ4v) is 5.02. The molecule has 3 fully saturated rings. The molecule has 0 bridgehead atoms. The smallest absolute Gasteiger partial charge is 0.194 e. The first-order valence-electron chi connectivity index (χ1n) is 12.0. The van der Waals surface area contributed by atoms with Crippen LogP contribution in [-0.4, -0.2) is 83.7 Å². The fraction of sp³-hybridized carbons (Fsp3) is 0.708. The molecular formula is C24H39N5O. The Hall–Kier alpha value is -1.63. The summed E-state index contributed by atoms with van der Waals surface area (Å²) in [5, 5.41) is 13.2. The maximum Gasteiger partial charge on any atom is 0.194 e. The molecule has 0 aromatic heterocycles. The number of benzene rings is 1. The molecule has 166 valence electrons. The molecule has 6 nitrogen and oxygen atoms in total. The monoisotopic (exact) mass is 413 g/mol. The first-order valence-corrected chi connectivity index (χ1v) is 12.0. The van der Waals surface area contributed by atoms with E-state index in [1.54, 1.807) is 0 Å². The summed E-state index contributed by atoms with van der Waals surface area (Å²) in [6.07, 6.45) is 5.67. The third kappa shape index (κ3) is 5.74. The molecule has 0 spiro atoms. The Kier molecular flexibility index (Phi) is 7.63. The van der Waals surface area contributed by atoms with Crippen LogP contribution < -0.4 is 5.32 Å². The molecule has 1 unspecified atom stereocenters. The summed E-state index contributed by atoms with van der Waals surface area (Å²) in [7, 11) is 0. The van der Waals surface area contributed by atoms with Crippen molar-refractivity contribution in [1.82, 2.24) is 20.0 Å². The van der Waals surface area contributed by atoms with Gasteiger partial charge in [-0.15, -0.1) is 0 Å². The summed E-state index contributed by atoms with van der Waals surface area (Å²) in [6.45, 7) is 11.5. The van der Waals surface area contributed by atoms with Crippen LogP contribution in [-0.2, 0) is 13.1 Å². The van der Waals surface area contributed by atoms with E-state index in [2.05, 4.69) is 51.2 Å². The number of aliphatic imine (C=N–C) groups is 1. The van der Waals surface area contributed by atoms with E-state index in [9.17, 15) is 5.11 Å². The summed E-state index contributed by atoms with van der Waals surface area (Å²) in [5.41, 5.74) is 2.61. The molecule has 4 rings (SSSR count). The van der Waals surface area contributed by atoms with E-state index >= 15 is 0 Å². The first-order chi connectivity index (χ1) is 14.7. The van der Waals surface area contributed by atoms with Crippen LogP contribution in [0.2, 0.25) is 0 Å². The van der Waals surface area contributed by atoms with Crippen molar-refractivity contribution in [3.63, 3.8) is 0 Å². The Bertz CT molecular complexity index is 677. The molecule has 1 aromatic carbocycles. The Morgan fingerprint density at radius 1 is 1.00 bits per heavy atom. The van der Waals surface area contributed by atoms with Gasteiger partial charge in [0.05, 0.1) is 12.6 Å². The average molecular weight is 414 g/mol. The van der Waals surface area contributed by atoms with Crippen LogP contribution in [0.5, 0.6) is 0 Å². The van der Waals surface area contributed by atoms with Gasteiger partial charge in [-0.05, 0) is 63.2 Å². The third-order valence-corrected chi connectivity index (χ3v) is 6.85. The lowest BCUT2D eigenvalue weighted by Gasteiger charge is -2.29. The predicted molar refractivity (Wildman–Crippen MR) is 123 cm³/mol. The Labute approximate surface area is 182 Å². The fourth-order valence-electron chi connectivity index (χ4n) is 5.02. The lowest BCUT2D eigenvalue weighted by atomic mass is 10.1. The van der Waals surface area contributed by atoms with Crippen molar-refractivity contribution in [1.29, 1.82) is 0 Å². The maximum atomic E-state index is 9.67. The van der Waals surface area contributed by atoms with E-state index in [1.165, 1.54) is 43.5 Å². The van der Waals surface area contributed by atoms with E-state index in [0.717, 1.165) is 64.6 Å². The third-order valence-electron chi connectivity index (χ3n) is 6.85. The Balaban J connectivity index is 1.30. The zero-order valence-corrected chi connectivity index (χ0v) is 18.6. The van der Waals surface area contributed by atoms with Crippen LogP contribution in [0.25, 0.3) is 0 Å². The highest BCUT2D eigenvalue weighted by molar-refractivity contribution is 5.80. The van der Waals surface area contributed by atoms with Gasteiger partial charge in [-0.1, -0.05) is 24.3 Å². The standard InChI is InChI=1S/C24H39N5O/c1-2-25-24(29-16-9-22(19-29)28-12-3-4-13-28)26-17-20-5-7-21(8-6-20)18-27-14-10-23(30)11-15-27/h5-8,22-23,30H,2-4,9-19H2,1H3,(H,25,26). The number of nitrogens with one attached hydrogen (secondary N) is 1. The van der Waals surface area contributed by atoms with Crippen molar-refractivity contribution in [3.8, 4) is 0 Å². The van der Waals surface area contributed by atoms with E-state index in [0.29, 0.717) is 6.04 Å². The molecule has 30 heavy (non-hydrogen) atoms. The number of guanidine groups is 1. The van der Waals surface area contributed by atoms with Crippen LogP contribution in [0, 0.1) is 0 Å². The molecule has 3 saturated heterocycles. The van der Waals surface area contributed by atoms with Gasteiger partial charge < -0.3 is 15.3 Å². The normalized spacial score (nSPS) is 24.7.